The lowest BCUT2D eigenvalue weighted by atomic mass is 9.73. The third-order valence-corrected chi connectivity index (χ3v) is 4.91. The number of aryl methyl sites for hydroxylation is 1. The number of likely N-dealkylation sites (N-methyl/N-ethyl adjacent to an activating group) is 1. The van der Waals surface area contributed by atoms with Gasteiger partial charge in [-0.3, -0.25) is 0 Å². The van der Waals surface area contributed by atoms with Crippen molar-refractivity contribution >= 4 is 0 Å². The van der Waals surface area contributed by atoms with E-state index < -0.39 is 0 Å². The molecule has 1 aliphatic heterocycles. The number of piperidine rings is 1. The zero-order chi connectivity index (χ0) is 12.7. The van der Waals surface area contributed by atoms with Crippen LogP contribution in [0.2, 0.25) is 0 Å². The number of fused-ring (bicyclic) bond motifs is 3. The van der Waals surface area contributed by atoms with E-state index >= 15 is 0 Å². The molecule has 98 valence electrons. The lowest BCUT2D eigenvalue weighted by Crippen LogP contribution is -2.46. The molecular formula is C16H23NO. The van der Waals surface area contributed by atoms with Crippen molar-refractivity contribution in [1.29, 1.82) is 0 Å². The molecule has 1 aliphatic carbocycles. The maximum Gasteiger partial charge on any atom is 0.121 e. The van der Waals surface area contributed by atoms with E-state index in [1.807, 2.05) is 6.92 Å². The molecule has 0 radical (unpaired) electrons. The van der Waals surface area contributed by atoms with Crippen molar-refractivity contribution < 1.29 is 5.11 Å². The average molecular weight is 245 g/mol. The van der Waals surface area contributed by atoms with Crippen LogP contribution in [0.5, 0.6) is 5.75 Å². The molecule has 0 bridgehead atoms. The van der Waals surface area contributed by atoms with Gasteiger partial charge in [-0.15, -0.1) is 0 Å². The van der Waals surface area contributed by atoms with Crippen LogP contribution in [-0.2, 0) is 6.42 Å². The van der Waals surface area contributed by atoms with E-state index in [2.05, 4.69) is 24.0 Å². The normalized spacial score (nSPS) is 27.7. The number of aromatic hydroxyl groups is 1. The second-order valence-electron chi connectivity index (χ2n) is 5.78. The molecule has 1 aromatic rings. The van der Waals surface area contributed by atoms with Gasteiger partial charge in [0.15, 0.2) is 0 Å². The van der Waals surface area contributed by atoms with Crippen LogP contribution in [0.4, 0.5) is 0 Å². The van der Waals surface area contributed by atoms with Gasteiger partial charge in [-0.1, -0.05) is 19.1 Å². The van der Waals surface area contributed by atoms with Gasteiger partial charge in [-0.05, 0) is 68.3 Å². The molecule has 1 N–H and O–H groups in total. The van der Waals surface area contributed by atoms with E-state index in [4.69, 9.17) is 0 Å². The molecule has 0 spiro atoms. The summed E-state index contributed by atoms with van der Waals surface area (Å²) in [6.07, 6.45) is 4.84. The Kier molecular flexibility index (Phi) is 3.06. The van der Waals surface area contributed by atoms with Crippen molar-refractivity contribution in [2.24, 2.45) is 0 Å². The summed E-state index contributed by atoms with van der Waals surface area (Å²) in [6, 6.07) is 5.06. The van der Waals surface area contributed by atoms with Gasteiger partial charge < -0.3 is 10.0 Å². The summed E-state index contributed by atoms with van der Waals surface area (Å²) in [5.41, 5.74) is 3.68. The minimum atomic E-state index is 0.555. The van der Waals surface area contributed by atoms with Crippen molar-refractivity contribution in [3.8, 4) is 5.75 Å². The maximum absolute atomic E-state index is 10.2. The van der Waals surface area contributed by atoms with Crippen molar-refractivity contribution in [1.82, 2.24) is 4.90 Å². The van der Waals surface area contributed by atoms with E-state index in [-0.39, 0.29) is 0 Å². The summed E-state index contributed by atoms with van der Waals surface area (Å²) in [4.78, 5) is 2.63. The average Bonchev–Trinajstić information content (AvgIpc) is 2.41. The fourth-order valence-corrected chi connectivity index (χ4v) is 3.94. The molecule has 1 saturated heterocycles. The number of benzene rings is 1. The Morgan fingerprint density at radius 1 is 1.33 bits per heavy atom. The number of likely N-dealkylation sites (tertiary alicyclic amines) is 1. The zero-order valence-electron chi connectivity index (χ0n) is 11.4. The van der Waals surface area contributed by atoms with E-state index in [9.17, 15) is 5.11 Å². The SMILES string of the molecule is CCN1CCCC2c3ccc(C)c(O)c3CCC21. The first kappa shape index (κ1) is 12.0. The highest BCUT2D eigenvalue weighted by Gasteiger charge is 2.36. The number of rotatable bonds is 1. The molecule has 2 nitrogen and oxygen atoms in total. The first-order valence-electron chi connectivity index (χ1n) is 7.27. The summed E-state index contributed by atoms with van der Waals surface area (Å²) in [6.45, 7) is 6.69. The van der Waals surface area contributed by atoms with Crippen molar-refractivity contribution in [3.05, 3.63) is 28.8 Å². The quantitative estimate of drug-likeness (QED) is 0.821. The van der Waals surface area contributed by atoms with E-state index in [0.29, 0.717) is 17.7 Å². The van der Waals surface area contributed by atoms with Gasteiger partial charge in [-0.2, -0.15) is 0 Å². The summed E-state index contributed by atoms with van der Waals surface area (Å²) < 4.78 is 0. The largest absolute Gasteiger partial charge is 0.507 e. The Bertz CT molecular complexity index is 455. The van der Waals surface area contributed by atoms with Gasteiger partial charge in [0.25, 0.3) is 0 Å². The molecule has 2 aliphatic rings. The molecule has 2 unspecified atom stereocenters. The number of phenolic OH excluding ortho intramolecular Hbond substituents is 1. The predicted molar refractivity (Wildman–Crippen MR) is 74.2 cm³/mol. The molecule has 1 aromatic carbocycles. The van der Waals surface area contributed by atoms with Gasteiger partial charge in [0.1, 0.15) is 5.75 Å². The third kappa shape index (κ3) is 1.74. The second kappa shape index (κ2) is 4.58. The summed E-state index contributed by atoms with van der Waals surface area (Å²) in [7, 11) is 0. The van der Waals surface area contributed by atoms with Gasteiger partial charge in [-0.25, -0.2) is 0 Å². The van der Waals surface area contributed by atoms with Gasteiger partial charge in [0, 0.05) is 6.04 Å². The first-order chi connectivity index (χ1) is 8.72. The monoisotopic (exact) mass is 245 g/mol. The topological polar surface area (TPSA) is 23.5 Å². The van der Waals surface area contributed by atoms with Crippen LogP contribution in [0.25, 0.3) is 0 Å². The Morgan fingerprint density at radius 3 is 2.94 bits per heavy atom. The molecule has 0 amide bonds. The Balaban J connectivity index is 2.00. The highest BCUT2D eigenvalue weighted by Crippen LogP contribution is 2.43. The first-order valence-corrected chi connectivity index (χ1v) is 7.27. The van der Waals surface area contributed by atoms with Crippen LogP contribution >= 0.6 is 0 Å². The molecule has 1 heterocycles. The Hall–Kier alpha value is -1.02. The fraction of sp³-hybridized carbons (Fsp3) is 0.625. The molecule has 2 heteroatoms. The van der Waals surface area contributed by atoms with Crippen LogP contribution in [0.1, 0.15) is 48.8 Å². The summed E-state index contributed by atoms with van der Waals surface area (Å²) >= 11 is 0. The Morgan fingerprint density at radius 2 is 2.17 bits per heavy atom. The number of hydrogen-bond donors (Lipinski definition) is 1. The number of hydrogen-bond acceptors (Lipinski definition) is 2. The van der Waals surface area contributed by atoms with E-state index in [0.717, 1.165) is 18.5 Å². The Labute approximate surface area is 110 Å². The van der Waals surface area contributed by atoms with Crippen molar-refractivity contribution in [2.75, 3.05) is 13.1 Å². The molecule has 3 rings (SSSR count). The van der Waals surface area contributed by atoms with E-state index in [1.165, 1.54) is 36.9 Å². The fourth-order valence-electron chi connectivity index (χ4n) is 3.94. The van der Waals surface area contributed by atoms with Gasteiger partial charge in [0.2, 0.25) is 0 Å². The molecule has 18 heavy (non-hydrogen) atoms. The minimum Gasteiger partial charge on any atom is -0.507 e. The van der Waals surface area contributed by atoms with Gasteiger partial charge in [0.05, 0.1) is 0 Å². The van der Waals surface area contributed by atoms with E-state index in [1.54, 1.807) is 0 Å². The number of nitrogens with zero attached hydrogens (tertiary/aromatic N) is 1. The van der Waals surface area contributed by atoms with Gasteiger partial charge >= 0.3 is 0 Å². The second-order valence-corrected chi connectivity index (χ2v) is 5.78. The predicted octanol–water partition coefficient (Wildman–Crippen LogP) is 3.21. The highest BCUT2D eigenvalue weighted by atomic mass is 16.3. The number of phenols is 1. The summed E-state index contributed by atoms with van der Waals surface area (Å²) in [5, 5.41) is 10.2. The van der Waals surface area contributed by atoms with Crippen LogP contribution in [0.3, 0.4) is 0 Å². The lowest BCUT2D eigenvalue weighted by Gasteiger charge is -2.44. The standard InChI is InChI=1S/C16H23NO/c1-3-17-10-4-5-13-12-7-6-11(2)16(18)14(12)8-9-15(13)17/h6-7,13,15,18H,3-5,8-10H2,1-2H3. The lowest BCUT2D eigenvalue weighted by molar-refractivity contribution is 0.118. The van der Waals surface area contributed by atoms with Crippen LogP contribution in [0, 0.1) is 6.92 Å². The van der Waals surface area contributed by atoms with Crippen LogP contribution < -0.4 is 0 Å². The van der Waals surface area contributed by atoms with Crippen LogP contribution in [-0.4, -0.2) is 29.1 Å². The maximum atomic E-state index is 10.2. The molecule has 1 fully saturated rings. The molecule has 0 aromatic heterocycles. The highest BCUT2D eigenvalue weighted by molar-refractivity contribution is 5.48. The molecule has 2 atom stereocenters. The van der Waals surface area contributed by atoms with Crippen molar-refractivity contribution in [3.63, 3.8) is 0 Å². The molecule has 0 saturated carbocycles. The van der Waals surface area contributed by atoms with Crippen LogP contribution in [0.15, 0.2) is 12.1 Å². The smallest absolute Gasteiger partial charge is 0.121 e. The third-order valence-electron chi connectivity index (χ3n) is 4.91. The zero-order valence-corrected chi connectivity index (χ0v) is 11.4. The van der Waals surface area contributed by atoms with Crippen molar-refractivity contribution in [2.45, 2.75) is 51.5 Å². The minimum absolute atomic E-state index is 0.555. The summed E-state index contributed by atoms with van der Waals surface area (Å²) in [5.74, 6) is 1.20. The molecular weight excluding hydrogens is 222 g/mol.